The summed E-state index contributed by atoms with van der Waals surface area (Å²) in [7, 11) is -0.850. The Morgan fingerprint density at radius 2 is 2.10 bits per heavy atom. The average Bonchev–Trinajstić information content (AvgIpc) is 2.45. The minimum absolute atomic E-state index is 0.113. The summed E-state index contributed by atoms with van der Waals surface area (Å²) in [6.45, 7) is 0. The molecule has 0 bridgehead atoms. The third kappa shape index (κ3) is 4.32. The van der Waals surface area contributed by atoms with Crippen molar-refractivity contribution in [1.29, 1.82) is 0 Å². The molecule has 1 N–H and O–H groups in total. The van der Waals surface area contributed by atoms with Gasteiger partial charge >= 0.3 is 0 Å². The number of rotatable bonds is 5. The number of nitrogens with one attached hydrogen (secondary N) is 1. The minimum Gasteiger partial charge on any atom is -0.316 e. The van der Waals surface area contributed by atoms with Crippen LogP contribution in [0.15, 0.2) is 11.6 Å². The van der Waals surface area contributed by atoms with E-state index in [-0.39, 0.29) is 5.25 Å². The Kier molecular flexibility index (Phi) is 5.67. The van der Waals surface area contributed by atoms with Gasteiger partial charge in [-0.05, 0) is 64.3 Å². The van der Waals surface area contributed by atoms with E-state index in [1.165, 1.54) is 38.4 Å². The molecule has 0 aromatic rings. The molecule has 1 fully saturated rings. The van der Waals surface area contributed by atoms with Gasteiger partial charge in [0.05, 0.1) is 5.25 Å². The lowest BCUT2D eigenvalue weighted by Gasteiger charge is -2.34. The molecule has 0 spiro atoms. The van der Waals surface area contributed by atoms with Crippen molar-refractivity contribution < 1.29 is 8.42 Å². The third-order valence-electron chi connectivity index (χ3n) is 5.08. The van der Waals surface area contributed by atoms with E-state index in [9.17, 15) is 8.42 Å². The zero-order valence-corrected chi connectivity index (χ0v) is 13.7. The molecule has 2 aliphatic rings. The fourth-order valence-electron chi connectivity index (χ4n) is 3.81. The highest BCUT2D eigenvalue weighted by molar-refractivity contribution is 7.91. The standard InChI is InChI=1S/C16H29NO2S/c1-17-16(11-13-7-4-3-5-8-13)14-9-6-10-15(12-14)20(2,18)19/h7,14-17H,3-6,8-12H2,1-2H3. The van der Waals surface area contributed by atoms with Gasteiger partial charge in [0.25, 0.3) is 0 Å². The molecular weight excluding hydrogens is 270 g/mol. The van der Waals surface area contributed by atoms with E-state index in [0.29, 0.717) is 12.0 Å². The Labute approximate surface area is 124 Å². The van der Waals surface area contributed by atoms with Crippen LogP contribution in [0.3, 0.4) is 0 Å². The maximum atomic E-state index is 11.8. The van der Waals surface area contributed by atoms with E-state index in [2.05, 4.69) is 11.4 Å². The Balaban J connectivity index is 1.98. The van der Waals surface area contributed by atoms with Crippen LogP contribution in [-0.2, 0) is 9.84 Å². The molecule has 20 heavy (non-hydrogen) atoms. The first-order valence-corrected chi connectivity index (χ1v) is 10.00. The Hall–Kier alpha value is -0.350. The molecule has 0 aliphatic heterocycles. The van der Waals surface area contributed by atoms with E-state index < -0.39 is 9.84 Å². The summed E-state index contributed by atoms with van der Waals surface area (Å²) < 4.78 is 23.6. The van der Waals surface area contributed by atoms with Crippen molar-refractivity contribution in [1.82, 2.24) is 5.32 Å². The molecule has 3 unspecified atom stereocenters. The van der Waals surface area contributed by atoms with Crippen molar-refractivity contribution >= 4 is 9.84 Å². The van der Waals surface area contributed by atoms with Gasteiger partial charge in [0.15, 0.2) is 0 Å². The first kappa shape index (κ1) is 16.0. The third-order valence-corrected chi connectivity index (χ3v) is 6.72. The van der Waals surface area contributed by atoms with Crippen molar-refractivity contribution in [3.05, 3.63) is 11.6 Å². The van der Waals surface area contributed by atoms with Crippen molar-refractivity contribution in [2.24, 2.45) is 5.92 Å². The van der Waals surface area contributed by atoms with E-state index in [4.69, 9.17) is 0 Å². The molecule has 1 saturated carbocycles. The quantitative estimate of drug-likeness (QED) is 0.794. The van der Waals surface area contributed by atoms with Crippen LogP contribution >= 0.6 is 0 Å². The summed E-state index contributed by atoms with van der Waals surface area (Å²) >= 11 is 0. The fraction of sp³-hybridized carbons (Fsp3) is 0.875. The van der Waals surface area contributed by atoms with Gasteiger partial charge in [-0.3, -0.25) is 0 Å². The predicted molar refractivity (Wildman–Crippen MR) is 84.6 cm³/mol. The van der Waals surface area contributed by atoms with E-state index in [1.54, 1.807) is 5.57 Å². The zero-order valence-electron chi connectivity index (χ0n) is 12.9. The summed E-state index contributed by atoms with van der Waals surface area (Å²) in [5, 5.41) is 3.34. The lowest BCUT2D eigenvalue weighted by Crippen LogP contribution is -2.39. The molecule has 4 heteroatoms. The lowest BCUT2D eigenvalue weighted by molar-refractivity contribution is 0.275. The summed E-state index contributed by atoms with van der Waals surface area (Å²) in [6.07, 6.45) is 14.0. The van der Waals surface area contributed by atoms with Crippen molar-refractivity contribution in [3.8, 4) is 0 Å². The molecule has 0 radical (unpaired) electrons. The predicted octanol–water partition coefficient (Wildman–Crippen LogP) is 3.07. The summed E-state index contributed by atoms with van der Waals surface area (Å²) in [5.74, 6) is 0.510. The van der Waals surface area contributed by atoms with Crippen LogP contribution in [0.4, 0.5) is 0 Å². The number of hydrogen-bond donors (Lipinski definition) is 1. The molecule has 2 aliphatic carbocycles. The number of allylic oxidation sites excluding steroid dienone is 1. The monoisotopic (exact) mass is 299 g/mol. The van der Waals surface area contributed by atoms with Gasteiger partial charge in [-0.2, -0.15) is 0 Å². The zero-order chi connectivity index (χ0) is 14.6. The minimum atomic E-state index is -2.88. The van der Waals surface area contributed by atoms with Crippen LogP contribution in [0, 0.1) is 5.92 Å². The molecule has 0 heterocycles. The van der Waals surface area contributed by atoms with Gasteiger partial charge < -0.3 is 5.32 Å². The largest absolute Gasteiger partial charge is 0.316 e. The number of hydrogen-bond acceptors (Lipinski definition) is 3. The van der Waals surface area contributed by atoms with Crippen molar-refractivity contribution in [2.75, 3.05) is 13.3 Å². The first-order valence-electron chi connectivity index (χ1n) is 8.04. The molecular formula is C16H29NO2S. The molecule has 0 aromatic heterocycles. The van der Waals surface area contributed by atoms with Crippen LogP contribution in [0.1, 0.15) is 57.8 Å². The second kappa shape index (κ2) is 7.08. The van der Waals surface area contributed by atoms with Gasteiger partial charge in [-0.1, -0.05) is 18.1 Å². The highest BCUT2D eigenvalue weighted by Crippen LogP contribution is 2.33. The lowest BCUT2D eigenvalue weighted by atomic mass is 9.80. The SMILES string of the molecule is CNC(CC1=CCCCC1)C1CCCC(S(C)(=O)=O)C1. The molecule has 0 saturated heterocycles. The van der Waals surface area contributed by atoms with Crippen LogP contribution in [-0.4, -0.2) is 33.0 Å². The van der Waals surface area contributed by atoms with Gasteiger partial charge in [0.2, 0.25) is 0 Å². The Bertz CT molecular complexity index is 441. The second-order valence-electron chi connectivity index (χ2n) is 6.59. The topological polar surface area (TPSA) is 46.2 Å². The Morgan fingerprint density at radius 1 is 1.30 bits per heavy atom. The normalized spacial score (nSPS) is 29.8. The fourth-order valence-corrected chi connectivity index (χ4v) is 5.00. The smallest absolute Gasteiger partial charge is 0.150 e. The molecule has 2 rings (SSSR count). The van der Waals surface area contributed by atoms with E-state index >= 15 is 0 Å². The van der Waals surface area contributed by atoms with Crippen molar-refractivity contribution in [2.45, 2.75) is 69.1 Å². The second-order valence-corrected chi connectivity index (χ2v) is 8.91. The summed E-state index contributed by atoms with van der Waals surface area (Å²) in [4.78, 5) is 0. The first-order chi connectivity index (χ1) is 9.50. The van der Waals surface area contributed by atoms with Crippen LogP contribution < -0.4 is 5.32 Å². The van der Waals surface area contributed by atoms with Crippen molar-refractivity contribution in [3.63, 3.8) is 0 Å². The summed E-state index contributed by atoms with van der Waals surface area (Å²) in [5.41, 5.74) is 1.58. The summed E-state index contributed by atoms with van der Waals surface area (Å²) in [6, 6.07) is 0.448. The molecule has 116 valence electrons. The van der Waals surface area contributed by atoms with Gasteiger partial charge in [0, 0.05) is 12.3 Å². The maximum absolute atomic E-state index is 11.8. The molecule has 0 aromatic carbocycles. The molecule has 3 nitrogen and oxygen atoms in total. The molecule has 0 amide bonds. The maximum Gasteiger partial charge on any atom is 0.150 e. The highest BCUT2D eigenvalue weighted by atomic mass is 32.2. The molecule has 3 atom stereocenters. The van der Waals surface area contributed by atoms with Crippen LogP contribution in [0.5, 0.6) is 0 Å². The van der Waals surface area contributed by atoms with E-state index in [1.807, 2.05) is 7.05 Å². The van der Waals surface area contributed by atoms with Crippen LogP contribution in [0.25, 0.3) is 0 Å². The highest BCUT2D eigenvalue weighted by Gasteiger charge is 2.32. The van der Waals surface area contributed by atoms with E-state index in [0.717, 1.165) is 25.7 Å². The number of sulfone groups is 1. The van der Waals surface area contributed by atoms with Crippen LogP contribution in [0.2, 0.25) is 0 Å². The van der Waals surface area contributed by atoms with Gasteiger partial charge in [-0.15, -0.1) is 0 Å². The average molecular weight is 299 g/mol. The Morgan fingerprint density at radius 3 is 2.70 bits per heavy atom. The van der Waals surface area contributed by atoms with Gasteiger partial charge in [-0.25, -0.2) is 8.42 Å². The van der Waals surface area contributed by atoms with Gasteiger partial charge in [0.1, 0.15) is 9.84 Å².